The smallest absolute Gasteiger partial charge is 0.343 e. The van der Waals surface area contributed by atoms with Crippen LogP contribution in [0.1, 0.15) is 37.7 Å². The molecule has 1 saturated carbocycles. The summed E-state index contributed by atoms with van der Waals surface area (Å²) in [6.07, 6.45) is 4.51. The number of esters is 1. The fourth-order valence-electron chi connectivity index (χ4n) is 4.13. The van der Waals surface area contributed by atoms with Crippen molar-refractivity contribution in [2.45, 2.75) is 43.8 Å². The summed E-state index contributed by atoms with van der Waals surface area (Å²) < 4.78 is 6.62. The Morgan fingerprint density at radius 3 is 2.32 bits per heavy atom. The molecule has 0 unspecified atom stereocenters. The average molecular weight is 433 g/mol. The van der Waals surface area contributed by atoms with E-state index in [-0.39, 0.29) is 29.0 Å². The SMILES string of the molecule is C[N+]1(C)CC[C@@H](OC(=O)[C@](O)(c2ccc(Cl)cc2)C2CCCC2)C1.[Br-]. The molecule has 4 nitrogen and oxygen atoms in total. The van der Waals surface area contributed by atoms with Crippen molar-refractivity contribution in [3.05, 3.63) is 34.9 Å². The van der Waals surface area contributed by atoms with Crippen molar-refractivity contribution in [2.24, 2.45) is 5.92 Å². The fourth-order valence-corrected chi connectivity index (χ4v) is 4.26. The predicted octanol–water partition coefficient (Wildman–Crippen LogP) is 0.114. The van der Waals surface area contributed by atoms with Crippen molar-refractivity contribution in [1.29, 1.82) is 0 Å². The maximum atomic E-state index is 13.0. The number of likely N-dealkylation sites (tertiary alicyclic amines) is 1. The van der Waals surface area contributed by atoms with Gasteiger partial charge in [0.25, 0.3) is 0 Å². The standard InChI is InChI=1S/C19H27ClNO3.BrH/c1-21(2)12-11-17(13-21)24-18(22)19(23,14-5-3-4-6-14)15-7-9-16(20)10-8-15;/h7-10,14,17,23H,3-6,11-13H2,1-2H3;1H/q+1;/p-1/t17-,19-;/m1./s1. The lowest BCUT2D eigenvalue weighted by Crippen LogP contribution is -3.00. The molecular formula is C19H27BrClNO3. The monoisotopic (exact) mass is 431 g/mol. The number of hydrogen-bond donors (Lipinski definition) is 1. The van der Waals surface area contributed by atoms with E-state index in [1.165, 1.54) is 0 Å². The molecule has 3 rings (SSSR count). The van der Waals surface area contributed by atoms with Gasteiger partial charge in [0.15, 0.2) is 11.7 Å². The molecule has 1 aromatic carbocycles. The van der Waals surface area contributed by atoms with E-state index in [4.69, 9.17) is 16.3 Å². The Morgan fingerprint density at radius 2 is 1.80 bits per heavy atom. The number of halogens is 2. The minimum absolute atomic E-state index is 0. The summed E-state index contributed by atoms with van der Waals surface area (Å²) in [5.74, 6) is -0.585. The molecule has 0 bridgehead atoms. The van der Waals surface area contributed by atoms with Crippen molar-refractivity contribution < 1.29 is 36.1 Å². The van der Waals surface area contributed by atoms with E-state index in [2.05, 4.69) is 14.1 Å². The van der Waals surface area contributed by atoms with Gasteiger partial charge in [-0.1, -0.05) is 36.6 Å². The van der Waals surface area contributed by atoms with Crippen LogP contribution in [0.25, 0.3) is 0 Å². The molecule has 1 saturated heterocycles. The van der Waals surface area contributed by atoms with Crippen LogP contribution < -0.4 is 17.0 Å². The van der Waals surface area contributed by atoms with Crippen LogP contribution in [0.3, 0.4) is 0 Å². The molecule has 2 fully saturated rings. The molecular weight excluding hydrogens is 406 g/mol. The number of quaternary nitrogens is 1. The van der Waals surface area contributed by atoms with Crippen LogP contribution in [0, 0.1) is 5.92 Å². The molecule has 1 N–H and O–H groups in total. The van der Waals surface area contributed by atoms with Gasteiger partial charge in [0, 0.05) is 17.4 Å². The lowest BCUT2D eigenvalue weighted by Gasteiger charge is -2.33. The summed E-state index contributed by atoms with van der Waals surface area (Å²) in [4.78, 5) is 13.0. The molecule has 6 heteroatoms. The first-order chi connectivity index (χ1) is 11.3. The molecule has 1 aliphatic heterocycles. The third-order valence-corrected chi connectivity index (χ3v) is 5.82. The van der Waals surface area contributed by atoms with Crippen molar-refractivity contribution in [3.63, 3.8) is 0 Å². The van der Waals surface area contributed by atoms with E-state index in [1.54, 1.807) is 24.3 Å². The maximum Gasteiger partial charge on any atom is 0.343 e. The van der Waals surface area contributed by atoms with Gasteiger partial charge in [-0.3, -0.25) is 0 Å². The molecule has 25 heavy (non-hydrogen) atoms. The zero-order valence-electron chi connectivity index (χ0n) is 14.9. The summed E-state index contributed by atoms with van der Waals surface area (Å²) in [7, 11) is 4.27. The number of carbonyl (C=O) groups is 1. The number of likely N-dealkylation sites (N-methyl/N-ethyl adjacent to an activating group) is 1. The van der Waals surface area contributed by atoms with Gasteiger partial charge in [0.2, 0.25) is 0 Å². The highest BCUT2D eigenvalue weighted by Gasteiger charge is 2.49. The van der Waals surface area contributed by atoms with Crippen LogP contribution >= 0.6 is 11.6 Å². The largest absolute Gasteiger partial charge is 1.00 e. The lowest BCUT2D eigenvalue weighted by atomic mass is 9.80. The van der Waals surface area contributed by atoms with Crippen LogP contribution in [0.2, 0.25) is 5.02 Å². The van der Waals surface area contributed by atoms with Gasteiger partial charge < -0.3 is 31.3 Å². The van der Waals surface area contributed by atoms with Gasteiger partial charge in [0.05, 0.1) is 20.6 Å². The Bertz CT molecular complexity index is 601. The van der Waals surface area contributed by atoms with E-state index in [9.17, 15) is 9.90 Å². The highest BCUT2D eigenvalue weighted by Crippen LogP contribution is 2.42. The van der Waals surface area contributed by atoms with Crippen molar-refractivity contribution in [1.82, 2.24) is 0 Å². The summed E-state index contributed by atoms with van der Waals surface area (Å²) >= 11 is 5.97. The zero-order valence-corrected chi connectivity index (χ0v) is 17.2. The minimum atomic E-state index is -1.57. The lowest BCUT2D eigenvalue weighted by molar-refractivity contribution is -0.879. The molecule has 0 aromatic heterocycles. The van der Waals surface area contributed by atoms with Crippen LogP contribution in [-0.4, -0.2) is 48.8 Å². The van der Waals surface area contributed by atoms with Crippen molar-refractivity contribution in [3.8, 4) is 0 Å². The Hall–Kier alpha value is -0.620. The van der Waals surface area contributed by atoms with Crippen LogP contribution in [0.4, 0.5) is 0 Å². The number of rotatable bonds is 4. The maximum absolute atomic E-state index is 13.0. The Balaban J connectivity index is 0.00000225. The molecule has 0 spiro atoms. The van der Waals surface area contributed by atoms with Gasteiger partial charge in [-0.15, -0.1) is 0 Å². The van der Waals surface area contributed by atoms with Crippen LogP contribution in [0.5, 0.6) is 0 Å². The van der Waals surface area contributed by atoms with E-state index < -0.39 is 11.6 Å². The molecule has 1 aromatic rings. The number of carbonyl (C=O) groups excluding carboxylic acids is 1. The van der Waals surface area contributed by atoms with E-state index >= 15 is 0 Å². The van der Waals surface area contributed by atoms with E-state index in [1.807, 2.05) is 0 Å². The highest BCUT2D eigenvalue weighted by molar-refractivity contribution is 6.30. The van der Waals surface area contributed by atoms with Gasteiger partial charge in [-0.25, -0.2) is 4.79 Å². The number of ether oxygens (including phenoxy) is 1. The summed E-state index contributed by atoms with van der Waals surface area (Å²) in [5.41, 5.74) is -0.976. The number of hydrogen-bond acceptors (Lipinski definition) is 3. The summed E-state index contributed by atoms with van der Waals surface area (Å²) in [6, 6.07) is 6.94. The first-order valence-corrected chi connectivity index (χ1v) is 9.20. The second-order valence-electron chi connectivity index (χ2n) is 7.91. The molecule has 1 heterocycles. The fraction of sp³-hybridized carbons (Fsp3) is 0.632. The average Bonchev–Trinajstić information content (AvgIpc) is 3.17. The summed E-state index contributed by atoms with van der Waals surface area (Å²) in [6.45, 7) is 1.79. The van der Waals surface area contributed by atoms with Crippen molar-refractivity contribution >= 4 is 17.6 Å². The molecule has 0 radical (unpaired) electrons. The van der Waals surface area contributed by atoms with E-state index in [0.717, 1.165) is 49.7 Å². The van der Waals surface area contributed by atoms with Gasteiger partial charge in [-0.2, -0.15) is 0 Å². The quantitative estimate of drug-likeness (QED) is 0.543. The normalized spacial score (nSPS) is 25.2. The number of aliphatic hydroxyl groups is 1. The Morgan fingerprint density at radius 1 is 1.20 bits per heavy atom. The van der Waals surface area contributed by atoms with Crippen molar-refractivity contribution in [2.75, 3.05) is 27.2 Å². The second-order valence-corrected chi connectivity index (χ2v) is 8.35. The minimum Gasteiger partial charge on any atom is -1.00 e. The number of benzene rings is 1. The second kappa shape index (κ2) is 7.95. The van der Waals surface area contributed by atoms with Crippen LogP contribution in [0.15, 0.2) is 24.3 Å². The van der Waals surface area contributed by atoms with E-state index in [0.29, 0.717) is 10.6 Å². The predicted molar refractivity (Wildman–Crippen MR) is 93.6 cm³/mol. The zero-order chi connectivity index (χ0) is 17.4. The van der Waals surface area contributed by atoms with Gasteiger partial charge in [-0.05, 0) is 30.5 Å². The third kappa shape index (κ3) is 4.38. The third-order valence-electron chi connectivity index (χ3n) is 5.57. The first kappa shape index (κ1) is 20.7. The highest BCUT2D eigenvalue weighted by atomic mass is 79.9. The van der Waals surface area contributed by atoms with Crippen LogP contribution in [-0.2, 0) is 15.1 Å². The molecule has 0 amide bonds. The number of nitrogens with zero attached hydrogens (tertiary/aromatic N) is 1. The summed E-state index contributed by atoms with van der Waals surface area (Å²) in [5, 5.41) is 12.0. The Kier molecular flexibility index (Phi) is 6.58. The molecule has 140 valence electrons. The van der Waals surface area contributed by atoms with Gasteiger partial charge in [0.1, 0.15) is 6.54 Å². The topological polar surface area (TPSA) is 46.5 Å². The molecule has 1 aliphatic carbocycles. The first-order valence-electron chi connectivity index (χ1n) is 8.83. The van der Waals surface area contributed by atoms with Gasteiger partial charge >= 0.3 is 5.97 Å². The molecule has 2 atom stereocenters. The Labute approximate surface area is 165 Å². The molecule has 2 aliphatic rings.